The zero-order chi connectivity index (χ0) is 12.0. The van der Waals surface area contributed by atoms with E-state index < -0.39 is 0 Å². The molecule has 1 saturated heterocycles. The summed E-state index contributed by atoms with van der Waals surface area (Å²) in [5.74, 6) is 1.64. The van der Waals surface area contributed by atoms with Crippen molar-refractivity contribution in [2.24, 2.45) is 4.99 Å². The molecular formula is C10H12N4OS2. The van der Waals surface area contributed by atoms with Crippen LogP contribution < -0.4 is 5.32 Å². The molecule has 3 aliphatic heterocycles. The van der Waals surface area contributed by atoms with Crippen LogP contribution in [0.2, 0.25) is 0 Å². The number of nitrogens with one attached hydrogen (secondary N) is 1. The molecule has 0 spiro atoms. The molecule has 0 bridgehead atoms. The second-order valence-electron chi connectivity index (χ2n) is 3.90. The molecule has 0 saturated carbocycles. The van der Waals surface area contributed by atoms with Crippen LogP contribution >= 0.6 is 24.0 Å². The summed E-state index contributed by atoms with van der Waals surface area (Å²) in [4.78, 5) is 20.4. The van der Waals surface area contributed by atoms with Gasteiger partial charge >= 0.3 is 0 Å². The molecule has 0 aromatic heterocycles. The van der Waals surface area contributed by atoms with Crippen LogP contribution in [0.5, 0.6) is 0 Å². The van der Waals surface area contributed by atoms with Crippen LogP contribution in [0.3, 0.4) is 0 Å². The Balaban J connectivity index is 2.15. The van der Waals surface area contributed by atoms with E-state index in [0.717, 1.165) is 34.8 Å². The number of rotatable bonds is 1. The fourth-order valence-electron chi connectivity index (χ4n) is 2.22. The van der Waals surface area contributed by atoms with E-state index in [-0.39, 0.29) is 5.91 Å². The lowest BCUT2D eigenvalue weighted by atomic mass is 10.2. The monoisotopic (exact) mass is 268 g/mol. The summed E-state index contributed by atoms with van der Waals surface area (Å²) < 4.78 is 0. The van der Waals surface area contributed by atoms with Crippen molar-refractivity contribution in [1.29, 1.82) is 0 Å². The molecule has 5 nitrogen and oxygen atoms in total. The minimum Gasteiger partial charge on any atom is -0.355 e. The third-order valence-electron chi connectivity index (χ3n) is 2.99. The van der Waals surface area contributed by atoms with Crippen molar-refractivity contribution in [3.05, 3.63) is 10.6 Å². The maximum atomic E-state index is 12.0. The van der Waals surface area contributed by atoms with Crippen LogP contribution in [0.4, 0.5) is 0 Å². The maximum absolute atomic E-state index is 12.0. The number of carbonyl (C=O) groups excluding carboxylic acids is 1. The number of thioether (sulfide) groups is 1. The predicted molar refractivity (Wildman–Crippen MR) is 71.9 cm³/mol. The first kappa shape index (κ1) is 11.0. The highest BCUT2D eigenvalue weighted by Crippen LogP contribution is 2.37. The van der Waals surface area contributed by atoms with E-state index in [0.29, 0.717) is 12.1 Å². The van der Waals surface area contributed by atoms with Gasteiger partial charge in [-0.15, -0.1) is 11.8 Å². The molecule has 0 radical (unpaired) electrons. The number of amides is 1. The normalized spacial score (nSPS) is 22.6. The minimum atomic E-state index is -0.0763. The van der Waals surface area contributed by atoms with Crippen molar-refractivity contribution in [1.82, 2.24) is 15.1 Å². The van der Waals surface area contributed by atoms with E-state index in [2.05, 4.69) is 15.2 Å². The van der Waals surface area contributed by atoms with Gasteiger partial charge in [0.1, 0.15) is 11.4 Å². The molecule has 3 aliphatic rings. The number of hydrogen-bond donors (Lipinski definition) is 1. The summed E-state index contributed by atoms with van der Waals surface area (Å²) in [5, 5.41) is 4.44. The lowest BCUT2D eigenvalue weighted by Gasteiger charge is -2.34. The lowest BCUT2D eigenvalue weighted by molar-refractivity contribution is -0.116. The number of amidine groups is 1. The average molecular weight is 268 g/mol. The summed E-state index contributed by atoms with van der Waals surface area (Å²) in [5.41, 5.74) is 0.682. The fourth-order valence-corrected chi connectivity index (χ4v) is 3.76. The largest absolute Gasteiger partial charge is 0.355 e. The Kier molecular flexibility index (Phi) is 2.59. The number of likely N-dealkylation sites (N-methyl/N-ethyl adjacent to an activating group) is 1. The van der Waals surface area contributed by atoms with Crippen molar-refractivity contribution in [2.75, 3.05) is 32.4 Å². The van der Waals surface area contributed by atoms with E-state index in [1.807, 2.05) is 4.90 Å². The second kappa shape index (κ2) is 3.99. The van der Waals surface area contributed by atoms with Crippen LogP contribution in [0.15, 0.2) is 15.6 Å². The van der Waals surface area contributed by atoms with Crippen LogP contribution in [0.25, 0.3) is 0 Å². The molecule has 3 heterocycles. The molecule has 0 atom stereocenters. The average Bonchev–Trinajstić information content (AvgIpc) is 2.96. The highest BCUT2D eigenvalue weighted by atomic mass is 32.2. The molecule has 0 aliphatic carbocycles. The number of hydrogen-bond acceptors (Lipinski definition) is 4. The molecule has 0 aromatic rings. The highest BCUT2D eigenvalue weighted by molar-refractivity contribution is 8.03. The smallest absolute Gasteiger partial charge is 0.257 e. The zero-order valence-electron chi connectivity index (χ0n) is 9.39. The zero-order valence-corrected chi connectivity index (χ0v) is 11.0. The van der Waals surface area contributed by atoms with Gasteiger partial charge in [-0.1, -0.05) is 0 Å². The molecular weight excluding hydrogens is 256 g/mol. The SMILES string of the molecule is CNC(=O)C1=C2SCCN2C(=S)N2CCN=C12. The van der Waals surface area contributed by atoms with Crippen LogP contribution in [0.1, 0.15) is 0 Å². The summed E-state index contributed by atoms with van der Waals surface area (Å²) in [6.07, 6.45) is 0. The van der Waals surface area contributed by atoms with Crippen molar-refractivity contribution in [3.63, 3.8) is 0 Å². The maximum Gasteiger partial charge on any atom is 0.257 e. The molecule has 0 aromatic carbocycles. The fraction of sp³-hybridized carbons (Fsp3) is 0.500. The first-order chi connectivity index (χ1) is 8.24. The van der Waals surface area contributed by atoms with Gasteiger partial charge in [-0.3, -0.25) is 9.79 Å². The van der Waals surface area contributed by atoms with Gasteiger partial charge in [-0.2, -0.15) is 0 Å². The number of fused-ring (bicyclic) bond motifs is 2. The third kappa shape index (κ3) is 1.49. The number of thiocarbonyl (C=S) groups is 1. The first-order valence-electron chi connectivity index (χ1n) is 5.47. The van der Waals surface area contributed by atoms with Crippen molar-refractivity contribution < 1.29 is 4.79 Å². The number of carbonyl (C=O) groups is 1. The quantitative estimate of drug-likeness (QED) is 0.679. The highest BCUT2D eigenvalue weighted by Gasteiger charge is 2.41. The van der Waals surface area contributed by atoms with Crippen molar-refractivity contribution >= 4 is 40.8 Å². The van der Waals surface area contributed by atoms with Gasteiger partial charge in [0.2, 0.25) is 0 Å². The van der Waals surface area contributed by atoms with Crippen molar-refractivity contribution in [2.45, 2.75) is 0 Å². The van der Waals surface area contributed by atoms with Gasteiger partial charge in [0.15, 0.2) is 5.11 Å². The second-order valence-corrected chi connectivity index (χ2v) is 5.35. The molecule has 7 heteroatoms. The van der Waals surface area contributed by atoms with E-state index >= 15 is 0 Å². The lowest BCUT2D eigenvalue weighted by Crippen LogP contribution is -2.50. The van der Waals surface area contributed by atoms with Gasteiger partial charge in [0.05, 0.1) is 11.6 Å². The van der Waals surface area contributed by atoms with Gasteiger partial charge < -0.3 is 15.1 Å². The topological polar surface area (TPSA) is 47.9 Å². The van der Waals surface area contributed by atoms with E-state index in [1.165, 1.54) is 0 Å². The Morgan fingerprint density at radius 2 is 2.29 bits per heavy atom. The predicted octanol–water partition coefficient (Wildman–Crippen LogP) is 0.00540. The minimum absolute atomic E-state index is 0.0763. The number of nitrogens with zero attached hydrogens (tertiary/aromatic N) is 3. The van der Waals surface area contributed by atoms with Crippen LogP contribution in [-0.4, -0.2) is 59.1 Å². The molecule has 90 valence electrons. The van der Waals surface area contributed by atoms with E-state index in [9.17, 15) is 4.79 Å². The summed E-state index contributed by atoms with van der Waals surface area (Å²) in [6, 6.07) is 0. The Morgan fingerprint density at radius 3 is 3.06 bits per heavy atom. The summed E-state index contributed by atoms with van der Waals surface area (Å²) >= 11 is 7.13. The molecule has 1 fully saturated rings. The first-order valence-corrected chi connectivity index (χ1v) is 6.86. The van der Waals surface area contributed by atoms with E-state index in [1.54, 1.807) is 18.8 Å². The molecule has 0 unspecified atom stereocenters. The van der Waals surface area contributed by atoms with Gasteiger partial charge in [0, 0.05) is 25.9 Å². The van der Waals surface area contributed by atoms with Crippen LogP contribution in [-0.2, 0) is 4.79 Å². The molecule has 1 amide bonds. The Hall–Kier alpha value is -1.08. The third-order valence-corrected chi connectivity index (χ3v) is 4.52. The Morgan fingerprint density at radius 1 is 1.47 bits per heavy atom. The Labute approximate surface area is 109 Å². The molecule has 3 rings (SSSR count). The standard InChI is InChI=1S/C10H12N4OS2/c1-11-8(15)6-7-12-2-3-13(7)10(16)14-4-5-17-9(6)14/h2-5H2,1H3,(H,11,15). The van der Waals surface area contributed by atoms with E-state index in [4.69, 9.17) is 12.2 Å². The van der Waals surface area contributed by atoms with Gasteiger partial charge in [-0.25, -0.2) is 0 Å². The van der Waals surface area contributed by atoms with Gasteiger partial charge in [0.25, 0.3) is 5.91 Å². The number of aliphatic imine (C=N–C) groups is 1. The Bertz CT molecular complexity index is 471. The summed E-state index contributed by atoms with van der Waals surface area (Å²) in [6.45, 7) is 2.37. The van der Waals surface area contributed by atoms with Gasteiger partial charge in [-0.05, 0) is 12.2 Å². The van der Waals surface area contributed by atoms with Crippen LogP contribution in [0, 0.1) is 0 Å². The molecule has 1 N–H and O–H groups in total. The van der Waals surface area contributed by atoms with Crippen molar-refractivity contribution in [3.8, 4) is 0 Å². The molecule has 17 heavy (non-hydrogen) atoms. The summed E-state index contributed by atoms with van der Waals surface area (Å²) in [7, 11) is 1.65.